The zero-order chi connectivity index (χ0) is 33.6. The summed E-state index contributed by atoms with van der Waals surface area (Å²) in [6.07, 6.45) is 5.68. The summed E-state index contributed by atoms with van der Waals surface area (Å²) in [5.41, 5.74) is 2.59. The third kappa shape index (κ3) is 8.93. The van der Waals surface area contributed by atoms with Crippen LogP contribution >= 0.6 is 0 Å². The molecule has 1 aliphatic rings. The summed E-state index contributed by atoms with van der Waals surface area (Å²) in [5, 5.41) is 14.6. The summed E-state index contributed by atoms with van der Waals surface area (Å²) in [6, 6.07) is 15.8. The van der Waals surface area contributed by atoms with Gasteiger partial charge in [0.2, 0.25) is 6.73 Å². The highest BCUT2D eigenvalue weighted by Gasteiger charge is 2.39. The standard InChI is InChI=1S/C36H43F2N6O3/c1-24-19-30(42-33(20-24)43-32-21-26(34(37)38)14-17-40-32)27-10-13-31(41-22-27)36(2,46)28-11-8-25(9-12-28)35(45)47-23-44(3,4)18-15-29-7-5-6-16-39-29/h5-7,10,13-14,16-17,19-22,25,28,34,46H,8-9,11-12,15,18,23H2,1-4H3,(H,40,42,43)/q+1/t25-,28-,36-/m1/s1. The molecule has 9 nitrogen and oxygen atoms in total. The van der Waals surface area contributed by atoms with Crippen molar-refractivity contribution in [3.63, 3.8) is 0 Å². The van der Waals surface area contributed by atoms with E-state index in [4.69, 9.17) is 4.74 Å². The molecular formula is C36H43F2N6O3+. The molecule has 0 aromatic carbocycles. The van der Waals surface area contributed by atoms with Crippen LogP contribution in [0.1, 0.15) is 61.5 Å². The van der Waals surface area contributed by atoms with Gasteiger partial charge in [-0.15, -0.1) is 0 Å². The number of aromatic nitrogens is 4. The fraction of sp³-hybridized carbons (Fsp3) is 0.417. The molecule has 0 spiro atoms. The van der Waals surface area contributed by atoms with Gasteiger partial charge in [0.15, 0.2) is 0 Å². The van der Waals surface area contributed by atoms with Gasteiger partial charge in [0.05, 0.1) is 37.9 Å². The van der Waals surface area contributed by atoms with Crippen molar-refractivity contribution in [1.82, 2.24) is 19.9 Å². The van der Waals surface area contributed by atoms with Crippen LogP contribution in [0.25, 0.3) is 11.3 Å². The Hall–Kier alpha value is -4.35. The minimum Gasteiger partial charge on any atom is -0.415 e. The van der Waals surface area contributed by atoms with Crippen molar-refractivity contribution in [3.8, 4) is 11.3 Å². The smallest absolute Gasteiger partial charge is 0.313 e. The van der Waals surface area contributed by atoms with E-state index in [0.29, 0.717) is 54.1 Å². The fourth-order valence-electron chi connectivity index (χ4n) is 5.99. The molecule has 4 heterocycles. The van der Waals surface area contributed by atoms with Crippen LogP contribution in [0.15, 0.2) is 73.2 Å². The SMILES string of the molecule is Cc1cc(Nc2cc(C(F)F)ccn2)nc(-c2ccc([C@](C)(O)[C@H]3CC[C@H](C(=O)OC[N+](C)(C)CCc4ccccn4)CC3)nc2)c1. The molecular weight excluding hydrogens is 602 g/mol. The number of carbonyl (C=O) groups is 1. The Kier molecular flexibility index (Phi) is 10.6. The van der Waals surface area contributed by atoms with Crippen LogP contribution in [0.3, 0.4) is 0 Å². The Morgan fingerprint density at radius 2 is 1.81 bits per heavy atom. The molecule has 5 rings (SSSR count). The maximum absolute atomic E-state index is 13.1. The van der Waals surface area contributed by atoms with Gasteiger partial charge in [0.25, 0.3) is 6.43 Å². The lowest BCUT2D eigenvalue weighted by Gasteiger charge is -2.37. The van der Waals surface area contributed by atoms with Gasteiger partial charge < -0.3 is 15.2 Å². The second kappa shape index (κ2) is 14.6. The third-order valence-corrected chi connectivity index (χ3v) is 8.95. The van der Waals surface area contributed by atoms with Gasteiger partial charge in [-0.3, -0.25) is 19.2 Å². The Balaban J connectivity index is 1.15. The van der Waals surface area contributed by atoms with Gasteiger partial charge in [0, 0.05) is 41.8 Å². The molecule has 0 amide bonds. The average molecular weight is 646 g/mol. The topological polar surface area (TPSA) is 110 Å². The summed E-state index contributed by atoms with van der Waals surface area (Å²) in [7, 11) is 4.09. The second-order valence-electron chi connectivity index (χ2n) is 13.3. The molecule has 0 bridgehead atoms. The first-order valence-corrected chi connectivity index (χ1v) is 16.0. The number of ether oxygens (including phenoxy) is 1. The number of aliphatic hydroxyl groups is 1. The first-order valence-electron chi connectivity index (χ1n) is 16.0. The predicted molar refractivity (Wildman–Crippen MR) is 176 cm³/mol. The predicted octanol–water partition coefficient (Wildman–Crippen LogP) is 6.76. The average Bonchev–Trinajstić information content (AvgIpc) is 3.07. The van der Waals surface area contributed by atoms with E-state index in [1.54, 1.807) is 19.3 Å². The number of nitrogens with one attached hydrogen (secondary N) is 1. The highest BCUT2D eigenvalue weighted by molar-refractivity contribution is 5.72. The van der Waals surface area contributed by atoms with Crippen LogP contribution in [0.4, 0.5) is 20.4 Å². The van der Waals surface area contributed by atoms with E-state index >= 15 is 0 Å². The van der Waals surface area contributed by atoms with Crippen LogP contribution in [-0.4, -0.2) is 62.9 Å². The number of anilines is 2. The first kappa shape index (κ1) is 34.0. The Labute approximate surface area is 274 Å². The molecule has 4 aromatic heterocycles. The molecule has 0 unspecified atom stereocenters. The number of carbonyl (C=O) groups excluding carboxylic acids is 1. The molecule has 1 saturated carbocycles. The van der Waals surface area contributed by atoms with E-state index in [-0.39, 0.29) is 29.2 Å². The van der Waals surface area contributed by atoms with Gasteiger partial charge in [-0.1, -0.05) is 6.07 Å². The van der Waals surface area contributed by atoms with Crippen molar-refractivity contribution < 1.29 is 27.9 Å². The number of nitrogens with zero attached hydrogens (tertiary/aromatic N) is 5. The minimum atomic E-state index is -2.59. The number of hydrogen-bond acceptors (Lipinski definition) is 8. The maximum atomic E-state index is 13.1. The normalized spacial score (nSPS) is 18.0. The van der Waals surface area contributed by atoms with Crippen LogP contribution < -0.4 is 5.32 Å². The lowest BCUT2D eigenvalue weighted by Crippen LogP contribution is -2.44. The molecule has 0 saturated heterocycles. The molecule has 1 aliphatic carbocycles. The molecule has 2 N–H and O–H groups in total. The summed E-state index contributed by atoms with van der Waals surface area (Å²) in [4.78, 5) is 30.7. The van der Waals surface area contributed by atoms with E-state index < -0.39 is 12.0 Å². The van der Waals surface area contributed by atoms with E-state index in [1.165, 1.54) is 18.3 Å². The molecule has 11 heteroatoms. The van der Waals surface area contributed by atoms with E-state index in [0.717, 1.165) is 29.8 Å². The lowest BCUT2D eigenvalue weighted by molar-refractivity contribution is -0.907. The number of aryl methyl sites for hydroxylation is 1. The Bertz CT molecular complexity index is 1640. The van der Waals surface area contributed by atoms with Crippen molar-refractivity contribution >= 4 is 17.6 Å². The molecule has 47 heavy (non-hydrogen) atoms. The molecule has 4 aromatic rings. The van der Waals surface area contributed by atoms with Crippen LogP contribution in [0, 0.1) is 18.8 Å². The molecule has 1 fully saturated rings. The largest absolute Gasteiger partial charge is 0.415 e. The quantitative estimate of drug-likeness (QED) is 0.0989. The molecule has 1 atom stereocenters. The van der Waals surface area contributed by atoms with E-state index in [1.807, 2.05) is 63.5 Å². The van der Waals surface area contributed by atoms with Crippen molar-refractivity contribution in [2.45, 2.75) is 58.0 Å². The van der Waals surface area contributed by atoms with Crippen molar-refractivity contribution in [1.29, 1.82) is 0 Å². The fourth-order valence-corrected chi connectivity index (χ4v) is 5.99. The van der Waals surface area contributed by atoms with Gasteiger partial charge in [-0.05, 0) is 99.5 Å². The highest BCUT2D eigenvalue weighted by Crippen LogP contribution is 2.41. The number of quaternary nitrogens is 1. The van der Waals surface area contributed by atoms with Crippen LogP contribution in [-0.2, 0) is 21.6 Å². The van der Waals surface area contributed by atoms with Crippen molar-refractivity contribution in [2.24, 2.45) is 11.8 Å². The van der Waals surface area contributed by atoms with Crippen molar-refractivity contribution in [2.75, 3.05) is 32.7 Å². The highest BCUT2D eigenvalue weighted by atomic mass is 19.3. The minimum absolute atomic E-state index is 0.0557. The monoisotopic (exact) mass is 645 g/mol. The first-order chi connectivity index (χ1) is 22.4. The van der Waals surface area contributed by atoms with E-state index in [9.17, 15) is 18.7 Å². The maximum Gasteiger partial charge on any atom is 0.313 e. The zero-order valence-electron chi connectivity index (χ0n) is 27.4. The summed E-state index contributed by atoms with van der Waals surface area (Å²) >= 11 is 0. The molecule has 0 radical (unpaired) electrons. The van der Waals surface area contributed by atoms with Gasteiger partial charge in [-0.2, -0.15) is 0 Å². The van der Waals surface area contributed by atoms with Gasteiger partial charge >= 0.3 is 5.97 Å². The molecule has 248 valence electrons. The van der Waals surface area contributed by atoms with E-state index in [2.05, 4.69) is 25.3 Å². The summed E-state index contributed by atoms with van der Waals surface area (Å²) in [6.45, 7) is 4.81. The van der Waals surface area contributed by atoms with Crippen LogP contribution in [0.5, 0.6) is 0 Å². The summed E-state index contributed by atoms with van der Waals surface area (Å²) < 4.78 is 32.6. The number of alkyl halides is 2. The van der Waals surface area contributed by atoms with Gasteiger partial charge in [-0.25, -0.2) is 18.7 Å². The van der Waals surface area contributed by atoms with Crippen molar-refractivity contribution in [3.05, 3.63) is 95.7 Å². The Morgan fingerprint density at radius 1 is 1.02 bits per heavy atom. The number of hydrogen-bond donors (Lipinski definition) is 2. The third-order valence-electron chi connectivity index (χ3n) is 8.95. The van der Waals surface area contributed by atoms with Gasteiger partial charge in [0.1, 0.15) is 17.2 Å². The number of rotatable bonds is 12. The number of halogens is 2. The number of likely N-dealkylation sites (N-methyl/N-ethyl adjacent to an activating group) is 1. The molecule has 0 aliphatic heterocycles. The lowest BCUT2D eigenvalue weighted by atomic mass is 9.73. The number of esters is 1. The van der Waals surface area contributed by atoms with Crippen LogP contribution in [0.2, 0.25) is 0 Å². The zero-order valence-corrected chi connectivity index (χ0v) is 27.4. The summed E-state index contributed by atoms with van der Waals surface area (Å²) in [5.74, 6) is 0.333. The number of pyridine rings is 4. The Morgan fingerprint density at radius 3 is 2.49 bits per heavy atom. The second-order valence-corrected chi connectivity index (χ2v) is 13.3.